The quantitative estimate of drug-likeness (QED) is 0.0623. The van der Waals surface area contributed by atoms with Crippen LogP contribution in [0.4, 0.5) is 0 Å². The van der Waals surface area contributed by atoms with Gasteiger partial charge in [-0.15, -0.1) is 0 Å². The summed E-state index contributed by atoms with van der Waals surface area (Å²) in [6.45, 7) is 18.4. The first-order valence-corrected chi connectivity index (χ1v) is 21.2. The molecule has 0 aliphatic heterocycles. The second kappa shape index (κ2) is 49.8. The fourth-order valence-corrected chi connectivity index (χ4v) is 5.76. The molecule has 47 heavy (non-hydrogen) atoms. The predicted molar refractivity (Wildman–Crippen MR) is 213 cm³/mol. The van der Waals surface area contributed by atoms with E-state index < -0.39 is 0 Å². The Hall–Kier alpha value is -0.610. The van der Waals surface area contributed by atoms with Gasteiger partial charge in [-0.3, -0.25) is 4.79 Å². The molecule has 0 rings (SSSR count). The first kappa shape index (κ1) is 53.2. The molecule has 0 spiro atoms. The number of carbonyl (C=O) groups is 1. The molecule has 0 heterocycles. The second-order valence-corrected chi connectivity index (χ2v) is 14.4. The lowest BCUT2D eigenvalue weighted by Gasteiger charge is -2.17. The molecule has 0 aromatic carbocycles. The maximum atomic E-state index is 12.9. The Kier molecular flexibility index (Phi) is 56.3. The SMILES string of the molecule is CC.CC(C)CCO.CCCCCCCCCCCCCCC(CCCCCCCCCCCCCC)C(=O)NCCC(C)C.CO. The monoisotopic (exact) mass is 672 g/mol. The van der Waals surface area contributed by atoms with Crippen LogP contribution in [-0.2, 0) is 4.79 Å². The summed E-state index contributed by atoms with van der Waals surface area (Å²) in [6.07, 6.45) is 37.5. The van der Waals surface area contributed by atoms with E-state index in [2.05, 4.69) is 46.9 Å². The number of aliphatic hydroxyl groups excluding tert-OH is 2. The van der Waals surface area contributed by atoms with Crippen LogP contribution in [-0.4, -0.2) is 36.4 Å². The first-order valence-electron chi connectivity index (χ1n) is 21.2. The van der Waals surface area contributed by atoms with E-state index in [1.165, 1.54) is 154 Å². The van der Waals surface area contributed by atoms with E-state index in [1.54, 1.807) is 0 Å². The van der Waals surface area contributed by atoms with Crippen molar-refractivity contribution >= 4 is 5.91 Å². The summed E-state index contributed by atoms with van der Waals surface area (Å²) in [5.74, 6) is 1.90. The maximum Gasteiger partial charge on any atom is 0.223 e. The molecular weight excluding hydrogens is 578 g/mol. The van der Waals surface area contributed by atoms with Crippen LogP contribution in [0.25, 0.3) is 0 Å². The molecule has 0 aromatic rings. The normalized spacial score (nSPS) is 10.7. The van der Waals surface area contributed by atoms with Crippen molar-refractivity contribution in [3.05, 3.63) is 0 Å². The van der Waals surface area contributed by atoms with E-state index in [4.69, 9.17) is 10.2 Å². The van der Waals surface area contributed by atoms with Crippen LogP contribution in [0.3, 0.4) is 0 Å². The fraction of sp³-hybridized carbons (Fsp3) is 0.977. The van der Waals surface area contributed by atoms with Gasteiger partial charge in [0.2, 0.25) is 5.91 Å². The summed E-state index contributed by atoms with van der Waals surface area (Å²) in [4.78, 5) is 12.9. The van der Waals surface area contributed by atoms with Crippen LogP contribution in [0, 0.1) is 17.8 Å². The standard InChI is InChI=1S/C35H71NO.C5H12O.C2H6.CH4O/c1-5-7-9-11-13-15-17-19-21-23-25-27-29-34(35(37)36-32-31-33(3)4)30-28-26-24-22-20-18-16-14-12-10-8-6-2;1-5(2)3-4-6;2*1-2/h33-34H,5-32H2,1-4H3,(H,36,37);5-6H,3-4H2,1-2H3;1-2H3;2H,1H3. The molecule has 288 valence electrons. The second-order valence-electron chi connectivity index (χ2n) is 14.4. The minimum Gasteiger partial charge on any atom is -0.400 e. The Labute approximate surface area is 298 Å². The lowest BCUT2D eigenvalue weighted by Crippen LogP contribution is -2.32. The Morgan fingerprint density at radius 3 is 0.979 bits per heavy atom. The number of unbranched alkanes of at least 4 members (excludes halogenated alkanes) is 22. The van der Waals surface area contributed by atoms with Crippen LogP contribution in [0.1, 0.15) is 235 Å². The van der Waals surface area contributed by atoms with Crippen molar-refractivity contribution in [3.63, 3.8) is 0 Å². The molecule has 0 aliphatic rings. The summed E-state index contributed by atoms with van der Waals surface area (Å²) in [7, 11) is 1.00. The summed E-state index contributed by atoms with van der Waals surface area (Å²) in [5, 5.41) is 18.5. The van der Waals surface area contributed by atoms with E-state index in [-0.39, 0.29) is 5.92 Å². The van der Waals surface area contributed by atoms with Crippen molar-refractivity contribution < 1.29 is 15.0 Å². The molecule has 0 unspecified atom stereocenters. The first-order chi connectivity index (χ1) is 22.9. The van der Waals surface area contributed by atoms with E-state index >= 15 is 0 Å². The van der Waals surface area contributed by atoms with Gasteiger partial charge in [-0.1, -0.05) is 209 Å². The van der Waals surface area contributed by atoms with E-state index in [1.807, 2.05) is 13.8 Å². The largest absolute Gasteiger partial charge is 0.400 e. The number of aliphatic hydroxyl groups is 2. The third-order valence-electron chi connectivity index (χ3n) is 8.91. The highest BCUT2D eigenvalue weighted by atomic mass is 16.3. The zero-order valence-corrected chi connectivity index (χ0v) is 34.2. The molecule has 0 atom stereocenters. The van der Waals surface area contributed by atoms with Crippen molar-refractivity contribution in [3.8, 4) is 0 Å². The molecule has 0 aliphatic carbocycles. The third kappa shape index (κ3) is 52.4. The van der Waals surface area contributed by atoms with Gasteiger partial charge in [0.1, 0.15) is 0 Å². The summed E-state index contributed by atoms with van der Waals surface area (Å²) >= 11 is 0. The summed E-state index contributed by atoms with van der Waals surface area (Å²) in [6, 6.07) is 0. The van der Waals surface area contributed by atoms with E-state index in [9.17, 15) is 4.79 Å². The Balaban J connectivity index is -0.000000810. The molecule has 0 saturated carbocycles. The van der Waals surface area contributed by atoms with Crippen molar-refractivity contribution in [2.75, 3.05) is 20.3 Å². The maximum absolute atomic E-state index is 12.9. The van der Waals surface area contributed by atoms with Crippen LogP contribution >= 0.6 is 0 Å². The topological polar surface area (TPSA) is 69.6 Å². The van der Waals surface area contributed by atoms with Gasteiger partial charge in [0, 0.05) is 26.2 Å². The highest BCUT2D eigenvalue weighted by molar-refractivity contribution is 5.78. The Morgan fingerprint density at radius 2 is 0.745 bits per heavy atom. The number of nitrogens with one attached hydrogen (secondary N) is 1. The summed E-state index contributed by atoms with van der Waals surface area (Å²) < 4.78 is 0. The summed E-state index contributed by atoms with van der Waals surface area (Å²) in [5.41, 5.74) is 0. The van der Waals surface area contributed by atoms with Crippen molar-refractivity contribution in [2.24, 2.45) is 17.8 Å². The molecule has 0 fully saturated rings. The molecule has 1 amide bonds. The minimum atomic E-state index is 0.249. The van der Waals surface area contributed by atoms with Gasteiger partial charge in [-0.05, 0) is 37.5 Å². The molecule has 0 aromatic heterocycles. The highest BCUT2D eigenvalue weighted by Crippen LogP contribution is 2.21. The molecule has 3 N–H and O–H groups in total. The van der Waals surface area contributed by atoms with Crippen molar-refractivity contribution in [2.45, 2.75) is 235 Å². The number of carbonyl (C=O) groups excluding carboxylic acids is 1. The van der Waals surface area contributed by atoms with Crippen molar-refractivity contribution in [1.82, 2.24) is 5.32 Å². The van der Waals surface area contributed by atoms with Gasteiger partial charge in [0.15, 0.2) is 0 Å². The molecular formula is C43H93NO3. The highest BCUT2D eigenvalue weighted by Gasteiger charge is 2.17. The van der Waals surface area contributed by atoms with Crippen molar-refractivity contribution in [1.29, 1.82) is 0 Å². The smallest absolute Gasteiger partial charge is 0.223 e. The average Bonchev–Trinajstić information content (AvgIpc) is 3.06. The molecule has 4 nitrogen and oxygen atoms in total. The zero-order chi connectivity index (χ0) is 36.2. The molecule has 0 radical (unpaired) electrons. The van der Waals surface area contributed by atoms with Gasteiger partial charge in [-0.25, -0.2) is 0 Å². The lowest BCUT2D eigenvalue weighted by molar-refractivity contribution is -0.125. The van der Waals surface area contributed by atoms with Gasteiger partial charge in [0.25, 0.3) is 0 Å². The van der Waals surface area contributed by atoms with Crippen LogP contribution in [0.2, 0.25) is 0 Å². The predicted octanol–water partition coefficient (Wildman–Crippen LogP) is 13.6. The minimum absolute atomic E-state index is 0.249. The Bertz CT molecular complexity index is 495. The van der Waals surface area contributed by atoms with Crippen LogP contribution in [0.15, 0.2) is 0 Å². The Morgan fingerprint density at radius 1 is 0.468 bits per heavy atom. The molecule has 0 saturated heterocycles. The number of hydrogen-bond acceptors (Lipinski definition) is 3. The van der Waals surface area contributed by atoms with Gasteiger partial charge in [-0.2, -0.15) is 0 Å². The van der Waals surface area contributed by atoms with Crippen LogP contribution < -0.4 is 5.32 Å². The van der Waals surface area contributed by atoms with Crippen LogP contribution in [0.5, 0.6) is 0 Å². The number of hydrogen-bond donors (Lipinski definition) is 3. The van der Waals surface area contributed by atoms with Gasteiger partial charge >= 0.3 is 0 Å². The fourth-order valence-electron chi connectivity index (χ4n) is 5.76. The number of rotatable bonds is 32. The van der Waals surface area contributed by atoms with Gasteiger partial charge in [0.05, 0.1) is 0 Å². The van der Waals surface area contributed by atoms with E-state index in [0.29, 0.717) is 24.3 Å². The average molecular weight is 672 g/mol. The van der Waals surface area contributed by atoms with E-state index in [0.717, 1.165) is 39.3 Å². The molecule has 0 bridgehead atoms. The van der Waals surface area contributed by atoms with Gasteiger partial charge < -0.3 is 15.5 Å². The zero-order valence-electron chi connectivity index (χ0n) is 34.2. The number of amides is 1. The third-order valence-corrected chi connectivity index (χ3v) is 8.91. The molecule has 4 heteroatoms. The lowest BCUT2D eigenvalue weighted by atomic mass is 9.93.